The highest BCUT2D eigenvalue weighted by molar-refractivity contribution is 5.91. The molecular formula is C32H49N5O12. The number of aliphatic carboxylic acids is 1. The fraction of sp³-hybridized carbons (Fsp3) is 0.656. The van der Waals surface area contributed by atoms with Gasteiger partial charge in [0.2, 0.25) is 17.7 Å². The van der Waals surface area contributed by atoms with Gasteiger partial charge >= 0.3 is 17.9 Å². The van der Waals surface area contributed by atoms with Crippen molar-refractivity contribution < 1.29 is 57.9 Å². The van der Waals surface area contributed by atoms with Gasteiger partial charge in [-0.3, -0.25) is 29.0 Å². The van der Waals surface area contributed by atoms with E-state index < -0.39 is 91.0 Å². The zero-order chi connectivity index (χ0) is 36.7. The van der Waals surface area contributed by atoms with E-state index in [0.717, 1.165) is 37.5 Å². The van der Waals surface area contributed by atoms with Gasteiger partial charge in [-0.25, -0.2) is 4.79 Å². The fourth-order valence-electron chi connectivity index (χ4n) is 5.15. The molecule has 49 heavy (non-hydrogen) atoms. The number of aliphatic hydroxyl groups is 1. The average molecular weight is 696 g/mol. The summed E-state index contributed by atoms with van der Waals surface area (Å²) in [5.41, 5.74) is 11.9. The average Bonchev–Trinajstić information content (AvgIpc) is 3.05. The Bertz CT molecular complexity index is 1270. The van der Waals surface area contributed by atoms with Gasteiger partial charge < -0.3 is 50.8 Å². The maximum absolute atomic E-state index is 13.4. The molecule has 0 saturated carbocycles. The van der Waals surface area contributed by atoms with E-state index in [-0.39, 0.29) is 25.0 Å². The first-order chi connectivity index (χ1) is 23.2. The van der Waals surface area contributed by atoms with Crippen molar-refractivity contribution in [2.45, 2.75) is 128 Å². The Balaban J connectivity index is 2.20. The first kappa shape index (κ1) is 41.0. The van der Waals surface area contributed by atoms with Crippen LogP contribution in [0.25, 0.3) is 0 Å². The number of esters is 2. The zero-order valence-corrected chi connectivity index (χ0v) is 28.3. The lowest BCUT2D eigenvalue weighted by Gasteiger charge is -2.48. The van der Waals surface area contributed by atoms with Crippen LogP contribution in [-0.4, -0.2) is 111 Å². The molecule has 0 aliphatic carbocycles. The van der Waals surface area contributed by atoms with E-state index in [9.17, 15) is 39.0 Å². The van der Waals surface area contributed by atoms with Crippen molar-refractivity contribution in [3.05, 3.63) is 24.5 Å². The molecule has 8 atom stereocenters. The molecule has 7 N–H and O–H groups in total. The van der Waals surface area contributed by atoms with Gasteiger partial charge in [0, 0.05) is 26.0 Å². The van der Waals surface area contributed by atoms with Crippen molar-refractivity contribution in [3.8, 4) is 5.75 Å². The Labute approximate surface area is 284 Å². The Morgan fingerprint density at radius 3 is 2.37 bits per heavy atom. The number of hydrogen-bond acceptors (Lipinski definition) is 13. The Hall–Kier alpha value is -4.19. The number of aliphatic hydroxyl groups excluding tert-OH is 1. The van der Waals surface area contributed by atoms with Crippen molar-refractivity contribution in [1.29, 1.82) is 0 Å². The maximum atomic E-state index is 13.4. The summed E-state index contributed by atoms with van der Waals surface area (Å²) in [7, 11) is 0. The van der Waals surface area contributed by atoms with Gasteiger partial charge in [0.1, 0.15) is 42.8 Å². The fourth-order valence-corrected chi connectivity index (χ4v) is 5.15. The number of ether oxygens (including phenoxy) is 4. The quantitative estimate of drug-likeness (QED) is 0.0899. The molecule has 0 radical (unpaired) electrons. The van der Waals surface area contributed by atoms with Gasteiger partial charge in [0.05, 0.1) is 12.2 Å². The lowest BCUT2D eigenvalue weighted by Crippen LogP contribution is -2.70. The number of nitrogens with one attached hydrogen (secondary N) is 1. The smallest absolute Gasteiger partial charge is 0.332 e. The molecule has 17 heteroatoms. The number of nitrogens with two attached hydrogens (primary N) is 2. The van der Waals surface area contributed by atoms with Crippen LogP contribution in [0.5, 0.6) is 5.75 Å². The van der Waals surface area contributed by atoms with Gasteiger partial charge in [-0.2, -0.15) is 0 Å². The number of carboxylic acid groups (broad SMARTS) is 1. The lowest BCUT2D eigenvalue weighted by molar-refractivity contribution is -0.247. The molecule has 2 rings (SSSR count). The van der Waals surface area contributed by atoms with Crippen LogP contribution < -0.4 is 21.5 Å². The van der Waals surface area contributed by atoms with Crippen molar-refractivity contribution in [1.82, 2.24) is 15.2 Å². The third-order valence-electron chi connectivity index (χ3n) is 7.94. The number of amides is 3. The molecule has 1 unspecified atom stereocenters. The Morgan fingerprint density at radius 2 is 1.78 bits per heavy atom. The van der Waals surface area contributed by atoms with Crippen LogP contribution in [0, 0.1) is 0 Å². The van der Waals surface area contributed by atoms with Crippen molar-refractivity contribution >= 4 is 35.6 Å². The summed E-state index contributed by atoms with van der Waals surface area (Å²) < 4.78 is 22.0. The second-order valence-corrected chi connectivity index (χ2v) is 11.8. The summed E-state index contributed by atoms with van der Waals surface area (Å²) in [6.07, 6.45) is -0.387. The number of carboxylic acids is 1. The molecule has 1 saturated heterocycles. The van der Waals surface area contributed by atoms with Crippen molar-refractivity contribution in [2.24, 2.45) is 11.5 Å². The molecule has 0 bridgehead atoms. The van der Waals surface area contributed by atoms with Crippen LogP contribution >= 0.6 is 0 Å². The molecule has 0 aromatic carbocycles. The van der Waals surface area contributed by atoms with E-state index in [4.69, 9.17) is 30.4 Å². The number of unbranched alkanes of at least 4 members (excludes halogenated alkanes) is 4. The Kier molecular flexibility index (Phi) is 17.0. The van der Waals surface area contributed by atoms with E-state index in [1.807, 2.05) is 0 Å². The third kappa shape index (κ3) is 13.0. The second-order valence-electron chi connectivity index (χ2n) is 11.8. The normalized spacial score (nSPS) is 22.2. The van der Waals surface area contributed by atoms with Crippen molar-refractivity contribution in [2.75, 3.05) is 6.61 Å². The predicted molar refractivity (Wildman–Crippen MR) is 171 cm³/mol. The van der Waals surface area contributed by atoms with Crippen LogP contribution in [0.3, 0.4) is 0 Å². The van der Waals surface area contributed by atoms with Gasteiger partial charge in [-0.15, -0.1) is 0 Å². The van der Waals surface area contributed by atoms with Crippen LogP contribution in [-0.2, 0) is 43.0 Å². The number of hydrogen-bond donors (Lipinski definition) is 5. The minimum absolute atomic E-state index is 0.129. The predicted octanol–water partition coefficient (Wildman–Crippen LogP) is 0.149. The summed E-state index contributed by atoms with van der Waals surface area (Å²) in [5, 5.41) is 22.9. The zero-order valence-electron chi connectivity index (χ0n) is 28.3. The SMILES string of the molecule is CCCCCCCC(=O)OC[C@H]1OC(N(C(C)=O)[C@@H](C)C(=O)N[C@H](CCC(=O)Oc2cccnc2)C(N)=O)[C@H](N)[C@@H](O[C@H](C)C(=O)O)[C@@H]1O. The number of pyridine rings is 1. The second kappa shape index (κ2) is 20.4. The molecule has 17 nitrogen and oxygen atoms in total. The number of aromatic nitrogens is 1. The van der Waals surface area contributed by atoms with E-state index in [1.54, 1.807) is 6.07 Å². The molecule has 0 spiro atoms. The Morgan fingerprint density at radius 1 is 1.08 bits per heavy atom. The topological polar surface area (TPSA) is 260 Å². The maximum Gasteiger partial charge on any atom is 0.332 e. The highest BCUT2D eigenvalue weighted by Gasteiger charge is 2.50. The van der Waals surface area contributed by atoms with Gasteiger partial charge in [0.15, 0.2) is 12.3 Å². The molecule has 274 valence electrons. The van der Waals surface area contributed by atoms with E-state index in [0.29, 0.717) is 6.42 Å². The van der Waals surface area contributed by atoms with Crippen LogP contribution in [0.4, 0.5) is 0 Å². The first-order valence-electron chi connectivity index (χ1n) is 16.3. The minimum atomic E-state index is -1.59. The highest BCUT2D eigenvalue weighted by Crippen LogP contribution is 2.28. The molecule has 1 aliphatic rings. The summed E-state index contributed by atoms with van der Waals surface area (Å²) in [5.74, 6) is -4.98. The standard InChI is InChI=1S/C32H49N5O12/c1-5-6-7-8-9-12-24(39)46-17-23-27(41)28(47-19(3)32(44)45)26(33)31(49-23)37(20(4)38)18(2)30(43)36-22(29(34)42)13-14-25(40)48-21-11-10-15-35-16-21/h10-11,15-16,18-19,22-23,26-28,31,41H,5-9,12-14,17,33H2,1-4H3,(H2,34,42)(H,36,43)(H,44,45)/t18-,19+,22+,23+,26+,27+,28+,31?/m0/s1. The van der Waals surface area contributed by atoms with E-state index in [2.05, 4.69) is 17.2 Å². The summed E-state index contributed by atoms with van der Waals surface area (Å²) in [6, 6.07) is -1.04. The lowest BCUT2D eigenvalue weighted by atomic mass is 9.94. The van der Waals surface area contributed by atoms with Gasteiger partial charge in [0.25, 0.3) is 0 Å². The largest absolute Gasteiger partial charge is 0.479 e. The summed E-state index contributed by atoms with van der Waals surface area (Å²) >= 11 is 0. The summed E-state index contributed by atoms with van der Waals surface area (Å²) in [4.78, 5) is 79.7. The third-order valence-corrected chi connectivity index (χ3v) is 7.94. The molecule has 1 aromatic heterocycles. The van der Waals surface area contributed by atoms with E-state index >= 15 is 0 Å². The van der Waals surface area contributed by atoms with Crippen LogP contribution in [0.15, 0.2) is 24.5 Å². The number of carbonyl (C=O) groups excluding carboxylic acids is 5. The highest BCUT2D eigenvalue weighted by atomic mass is 16.6. The van der Waals surface area contributed by atoms with Gasteiger partial charge in [-0.1, -0.05) is 32.6 Å². The minimum Gasteiger partial charge on any atom is -0.479 e. The molecular weight excluding hydrogens is 646 g/mol. The molecule has 2 heterocycles. The van der Waals surface area contributed by atoms with Gasteiger partial charge in [-0.05, 0) is 38.8 Å². The molecule has 1 fully saturated rings. The number of nitrogens with zero attached hydrogens (tertiary/aromatic N) is 2. The number of rotatable bonds is 20. The number of carbonyl (C=O) groups is 6. The summed E-state index contributed by atoms with van der Waals surface area (Å²) in [6.45, 7) is 5.24. The first-order valence-corrected chi connectivity index (χ1v) is 16.3. The van der Waals surface area contributed by atoms with Crippen molar-refractivity contribution in [3.63, 3.8) is 0 Å². The number of primary amides is 1. The molecule has 1 aromatic rings. The monoisotopic (exact) mass is 695 g/mol. The molecule has 3 amide bonds. The molecule has 1 aliphatic heterocycles. The van der Waals surface area contributed by atoms with Crippen LogP contribution in [0.1, 0.15) is 79.1 Å². The van der Waals surface area contributed by atoms with E-state index in [1.165, 1.54) is 32.3 Å². The van der Waals surface area contributed by atoms with Crippen LogP contribution in [0.2, 0.25) is 0 Å².